The van der Waals surface area contributed by atoms with Gasteiger partial charge in [-0.1, -0.05) is 0 Å². The molecule has 19 heavy (non-hydrogen) atoms. The molecule has 108 valence electrons. The third-order valence-corrected chi connectivity index (χ3v) is 3.02. The number of carbonyl (C=O) groups is 1. The van der Waals surface area contributed by atoms with E-state index in [0.717, 1.165) is 18.5 Å². The summed E-state index contributed by atoms with van der Waals surface area (Å²) in [6, 6.07) is 3.02. The van der Waals surface area contributed by atoms with Gasteiger partial charge in [-0.05, 0) is 30.9 Å². The molecular weight excluding hydrogens is 289 g/mol. The van der Waals surface area contributed by atoms with E-state index in [1.54, 1.807) is 24.5 Å². The Morgan fingerprint density at radius 2 is 1.89 bits per heavy atom. The molecule has 1 fully saturated rings. The second-order valence-corrected chi connectivity index (χ2v) is 4.20. The predicted octanol–water partition coefficient (Wildman–Crippen LogP) is 1.62. The molecule has 0 spiro atoms. The lowest BCUT2D eigenvalue weighted by atomic mass is 9.92. The van der Waals surface area contributed by atoms with Crippen LogP contribution in [0.4, 0.5) is 5.69 Å². The number of ether oxygens (including phenoxy) is 1. The van der Waals surface area contributed by atoms with E-state index in [1.807, 2.05) is 0 Å². The number of halogens is 2. The maximum Gasteiger partial charge on any atom is 0.241 e. The summed E-state index contributed by atoms with van der Waals surface area (Å²) < 4.78 is 5.25. The number of anilines is 1. The number of hydrogen-bond acceptors (Lipinski definition) is 4. The Morgan fingerprint density at radius 1 is 1.32 bits per heavy atom. The smallest absolute Gasteiger partial charge is 0.241 e. The lowest BCUT2D eigenvalue weighted by Crippen LogP contribution is -2.43. The zero-order valence-electron chi connectivity index (χ0n) is 10.5. The van der Waals surface area contributed by atoms with Crippen LogP contribution in [0.1, 0.15) is 12.8 Å². The fraction of sp³-hybridized carbons (Fsp3) is 0.500. The van der Waals surface area contributed by atoms with E-state index in [-0.39, 0.29) is 36.6 Å². The molecule has 2 rings (SSSR count). The van der Waals surface area contributed by atoms with Crippen LogP contribution in [0.15, 0.2) is 24.5 Å². The van der Waals surface area contributed by atoms with Crippen LogP contribution in [-0.2, 0) is 9.53 Å². The van der Waals surface area contributed by atoms with Crippen LogP contribution in [0.3, 0.4) is 0 Å². The van der Waals surface area contributed by atoms with Gasteiger partial charge in [-0.15, -0.1) is 24.8 Å². The van der Waals surface area contributed by atoms with Crippen molar-refractivity contribution in [3.05, 3.63) is 24.5 Å². The molecule has 1 unspecified atom stereocenters. The summed E-state index contributed by atoms with van der Waals surface area (Å²) in [6.07, 6.45) is 4.97. The summed E-state index contributed by atoms with van der Waals surface area (Å²) in [5.74, 6) is 0.0775. The van der Waals surface area contributed by atoms with E-state index in [4.69, 9.17) is 10.5 Å². The Balaban J connectivity index is 0.00000162. The van der Waals surface area contributed by atoms with E-state index in [2.05, 4.69) is 10.3 Å². The van der Waals surface area contributed by atoms with Gasteiger partial charge in [0.25, 0.3) is 0 Å². The summed E-state index contributed by atoms with van der Waals surface area (Å²) >= 11 is 0. The fourth-order valence-electron chi connectivity index (χ4n) is 1.95. The maximum absolute atomic E-state index is 11.9. The van der Waals surface area contributed by atoms with Gasteiger partial charge in [0.2, 0.25) is 5.91 Å². The number of rotatable bonds is 3. The topological polar surface area (TPSA) is 77.2 Å². The minimum Gasteiger partial charge on any atom is -0.381 e. The first-order valence-electron chi connectivity index (χ1n) is 5.81. The number of aromatic nitrogens is 1. The quantitative estimate of drug-likeness (QED) is 0.889. The van der Waals surface area contributed by atoms with Crippen molar-refractivity contribution in [1.29, 1.82) is 0 Å². The fourth-order valence-corrected chi connectivity index (χ4v) is 1.95. The minimum atomic E-state index is -0.466. The first kappa shape index (κ1) is 18.1. The van der Waals surface area contributed by atoms with Gasteiger partial charge in [0, 0.05) is 31.3 Å². The van der Waals surface area contributed by atoms with Crippen LogP contribution in [0, 0.1) is 5.92 Å². The monoisotopic (exact) mass is 307 g/mol. The van der Waals surface area contributed by atoms with Crippen LogP contribution in [0.25, 0.3) is 0 Å². The van der Waals surface area contributed by atoms with Crippen molar-refractivity contribution >= 4 is 36.4 Å². The van der Waals surface area contributed by atoms with Crippen LogP contribution < -0.4 is 11.1 Å². The molecule has 0 bridgehead atoms. The average Bonchev–Trinajstić information content (AvgIpc) is 2.40. The first-order valence-corrected chi connectivity index (χ1v) is 5.81. The first-order chi connectivity index (χ1) is 8.27. The Kier molecular flexibility index (Phi) is 8.67. The van der Waals surface area contributed by atoms with Crippen molar-refractivity contribution in [2.75, 3.05) is 18.5 Å². The van der Waals surface area contributed by atoms with E-state index in [0.29, 0.717) is 13.2 Å². The summed E-state index contributed by atoms with van der Waals surface area (Å²) in [6.45, 7) is 1.39. The van der Waals surface area contributed by atoms with Crippen molar-refractivity contribution in [2.24, 2.45) is 11.7 Å². The third-order valence-electron chi connectivity index (χ3n) is 3.02. The van der Waals surface area contributed by atoms with Crippen molar-refractivity contribution in [3.63, 3.8) is 0 Å². The number of hydrogen-bond donors (Lipinski definition) is 2. The lowest BCUT2D eigenvalue weighted by molar-refractivity contribution is -0.119. The Bertz CT molecular complexity index is 372. The molecule has 0 aromatic carbocycles. The van der Waals surface area contributed by atoms with Crippen LogP contribution in [0.2, 0.25) is 0 Å². The molecule has 7 heteroatoms. The van der Waals surface area contributed by atoms with Crippen molar-refractivity contribution in [1.82, 2.24) is 4.98 Å². The number of pyridine rings is 1. The van der Waals surface area contributed by atoms with Gasteiger partial charge in [0.1, 0.15) is 0 Å². The van der Waals surface area contributed by atoms with Gasteiger partial charge in [-0.25, -0.2) is 0 Å². The molecule has 1 aromatic heterocycles. The molecule has 1 aliphatic heterocycles. The molecule has 1 aliphatic rings. The summed E-state index contributed by atoms with van der Waals surface area (Å²) in [4.78, 5) is 15.8. The molecule has 1 amide bonds. The zero-order chi connectivity index (χ0) is 12.1. The lowest BCUT2D eigenvalue weighted by Gasteiger charge is -2.26. The molecule has 1 atom stereocenters. The highest BCUT2D eigenvalue weighted by Crippen LogP contribution is 2.18. The predicted molar refractivity (Wildman–Crippen MR) is 78.9 cm³/mol. The molecule has 0 saturated carbocycles. The Morgan fingerprint density at radius 3 is 2.47 bits per heavy atom. The number of nitrogens with zero attached hydrogens (tertiary/aromatic N) is 1. The van der Waals surface area contributed by atoms with E-state index in [1.165, 1.54) is 0 Å². The molecule has 1 aromatic rings. The standard InChI is InChI=1S/C12H17N3O2.2ClH/c13-11(9-3-7-17-8-4-9)12(16)15-10-1-5-14-6-2-10;;/h1-2,5-6,9,11H,3-4,7-8,13H2,(H,14,15,16);2*1H. The number of nitrogens with two attached hydrogens (primary N) is 1. The molecule has 0 radical (unpaired) electrons. The molecule has 0 aliphatic carbocycles. The normalized spacial score (nSPS) is 16.7. The summed E-state index contributed by atoms with van der Waals surface area (Å²) in [5, 5.41) is 2.79. The van der Waals surface area contributed by atoms with Gasteiger partial charge < -0.3 is 15.8 Å². The van der Waals surface area contributed by atoms with E-state index >= 15 is 0 Å². The third kappa shape index (κ3) is 5.32. The number of nitrogens with one attached hydrogen (secondary N) is 1. The van der Waals surface area contributed by atoms with Crippen molar-refractivity contribution in [3.8, 4) is 0 Å². The van der Waals surface area contributed by atoms with E-state index < -0.39 is 6.04 Å². The highest BCUT2D eigenvalue weighted by Gasteiger charge is 2.26. The molecule has 2 heterocycles. The van der Waals surface area contributed by atoms with Crippen molar-refractivity contribution < 1.29 is 9.53 Å². The van der Waals surface area contributed by atoms with Gasteiger partial charge >= 0.3 is 0 Å². The minimum absolute atomic E-state index is 0. The van der Waals surface area contributed by atoms with Crippen LogP contribution in [0.5, 0.6) is 0 Å². The summed E-state index contributed by atoms with van der Waals surface area (Å²) in [7, 11) is 0. The van der Waals surface area contributed by atoms with Crippen LogP contribution in [-0.4, -0.2) is 30.1 Å². The second-order valence-electron chi connectivity index (χ2n) is 4.20. The second kappa shape index (κ2) is 9.09. The van der Waals surface area contributed by atoms with E-state index in [9.17, 15) is 4.79 Å². The number of carbonyl (C=O) groups excluding carboxylic acids is 1. The van der Waals surface area contributed by atoms with Gasteiger partial charge in [-0.3, -0.25) is 9.78 Å². The summed E-state index contributed by atoms with van der Waals surface area (Å²) in [5.41, 5.74) is 6.69. The largest absolute Gasteiger partial charge is 0.381 e. The molecular formula is C12H19Cl2N3O2. The highest BCUT2D eigenvalue weighted by molar-refractivity contribution is 5.94. The van der Waals surface area contributed by atoms with Gasteiger partial charge in [0.15, 0.2) is 0 Å². The van der Waals surface area contributed by atoms with Gasteiger partial charge in [0.05, 0.1) is 6.04 Å². The number of amides is 1. The Labute approximate surface area is 125 Å². The highest BCUT2D eigenvalue weighted by atomic mass is 35.5. The SMILES string of the molecule is Cl.Cl.NC(C(=O)Nc1ccncc1)C1CCOCC1. The molecule has 3 N–H and O–H groups in total. The van der Waals surface area contributed by atoms with Gasteiger partial charge in [-0.2, -0.15) is 0 Å². The average molecular weight is 308 g/mol. The molecule has 5 nitrogen and oxygen atoms in total. The maximum atomic E-state index is 11.9. The molecule has 1 saturated heterocycles. The zero-order valence-corrected chi connectivity index (χ0v) is 12.1. The van der Waals surface area contributed by atoms with Crippen LogP contribution >= 0.6 is 24.8 Å². The van der Waals surface area contributed by atoms with Crippen molar-refractivity contribution in [2.45, 2.75) is 18.9 Å². The Hall–Kier alpha value is -0.880.